The molecule has 2 aromatic rings. The van der Waals surface area contributed by atoms with Crippen molar-refractivity contribution in [3.63, 3.8) is 0 Å². The van der Waals surface area contributed by atoms with Crippen molar-refractivity contribution in [2.75, 3.05) is 17.6 Å². The molecule has 1 atom stereocenters. The zero-order valence-electron chi connectivity index (χ0n) is 15.3. The number of sulfonamides is 1. The molecule has 8 heteroatoms. The number of hydrogen-bond acceptors (Lipinski definition) is 6. The van der Waals surface area contributed by atoms with Gasteiger partial charge >= 0.3 is 5.97 Å². The number of carbonyl (C=O) groups excluding carboxylic acids is 2. The summed E-state index contributed by atoms with van der Waals surface area (Å²) in [6.07, 6.45) is -0.0607. The minimum absolute atomic E-state index is 0.0225. The molecule has 0 amide bonds. The molecule has 0 spiro atoms. The third-order valence-electron chi connectivity index (χ3n) is 3.55. The van der Waals surface area contributed by atoms with Gasteiger partial charge < -0.3 is 9.47 Å². The number of para-hydroxylation sites is 1. The van der Waals surface area contributed by atoms with Gasteiger partial charge in [-0.1, -0.05) is 12.1 Å². The van der Waals surface area contributed by atoms with Crippen molar-refractivity contribution in [2.24, 2.45) is 0 Å². The maximum absolute atomic E-state index is 12.5. The predicted octanol–water partition coefficient (Wildman–Crippen LogP) is 2.89. The SMILES string of the molecule is CCOc1ccc(C(=O)[C@H](C)OC(=O)c2ccccc2NS(C)(=O)=O)cc1. The first-order chi connectivity index (χ1) is 12.7. The number of carbonyl (C=O) groups is 2. The van der Waals surface area contributed by atoms with E-state index in [0.29, 0.717) is 17.9 Å². The number of benzene rings is 2. The second-order valence-corrected chi connectivity index (χ2v) is 7.54. The Labute approximate surface area is 158 Å². The molecule has 0 aliphatic heterocycles. The van der Waals surface area contributed by atoms with Crippen LogP contribution in [-0.4, -0.2) is 39.1 Å². The van der Waals surface area contributed by atoms with Gasteiger partial charge in [0.1, 0.15) is 5.75 Å². The molecule has 0 aromatic heterocycles. The normalized spacial score (nSPS) is 12.1. The summed E-state index contributed by atoms with van der Waals surface area (Å²) in [4.78, 5) is 24.9. The van der Waals surface area contributed by atoms with Crippen molar-refractivity contribution in [1.82, 2.24) is 0 Å². The molecule has 0 unspecified atom stereocenters. The number of ketones is 1. The number of anilines is 1. The van der Waals surface area contributed by atoms with E-state index in [0.717, 1.165) is 6.26 Å². The van der Waals surface area contributed by atoms with E-state index in [9.17, 15) is 18.0 Å². The highest BCUT2D eigenvalue weighted by molar-refractivity contribution is 7.92. The summed E-state index contributed by atoms with van der Waals surface area (Å²) >= 11 is 0. The lowest BCUT2D eigenvalue weighted by atomic mass is 10.1. The van der Waals surface area contributed by atoms with Crippen LogP contribution in [0.15, 0.2) is 48.5 Å². The van der Waals surface area contributed by atoms with E-state index < -0.39 is 22.1 Å². The fraction of sp³-hybridized carbons (Fsp3) is 0.263. The summed E-state index contributed by atoms with van der Waals surface area (Å²) in [6.45, 7) is 3.84. The van der Waals surface area contributed by atoms with E-state index in [4.69, 9.17) is 9.47 Å². The quantitative estimate of drug-likeness (QED) is 0.549. The van der Waals surface area contributed by atoms with Gasteiger partial charge in [0.2, 0.25) is 15.8 Å². The van der Waals surface area contributed by atoms with Crippen molar-refractivity contribution in [1.29, 1.82) is 0 Å². The maximum Gasteiger partial charge on any atom is 0.340 e. The molecule has 0 aliphatic rings. The monoisotopic (exact) mass is 391 g/mol. The zero-order chi connectivity index (χ0) is 20.0. The topological polar surface area (TPSA) is 98.8 Å². The Morgan fingerprint density at radius 1 is 1.07 bits per heavy atom. The van der Waals surface area contributed by atoms with Crippen molar-refractivity contribution in [3.8, 4) is 5.75 Å². The van der Waals surface area contributed by atoms with Crippen molar-refractivity contribution in [3.05, 3.63) is 59.7 Å². The number of hydrogen-bond donors (Lipinski definition) is 1. The Morgan fingerprint density at radius 3 is 2.30 bits per heavy atom. The van der Waals surface area contributed by atoms with Gasteiger partial charge in [-0.05, 0) is 50.2 Å². The summed E-state index contributed by atoms with van der Waals surface area (Å²) in [5.74, 6) is -0.534. The highest BCUT2D eigenvalue weighted by Crippen LogP contribution is 2.19. The Bertz CT molecular complexity index is 921. The van der Waals surface area contributed by atoms with E-state index >= 15 is 0 Å². The van der Waals surface area contributed by atoms with Gasteiger partial charge in [-0.25, -0.2) is 13.2 Å². The summed E-state index contributed by atoms with van der Waals surface area (Å²) in [5.41, 5.74) is 0.487. The number of nitrogens with one attached hydrogen (secondary N) is 1. The van der Waals surface area contributed by atoms with E-state index in [1.54, 1.807) is 36.4 Å². The fourth-order valence-corrected chi connectivity index (χ4v) is 2.92. The molecular weight excluding hydrogens is 370 g/mol. The van der Waals surface area contributed by atoms with Crippen LogP contribution < -0.4 is 9.46 Å². The molecule has 2 rings (SSSR count). The third-order valence-corrected chi connectivity index (χ3v) is 4.14. The minimum atomic E-state index is -3.57. The average molecular weight is 391 g/mol. The molecular formula is C19H21NO6S. The van der Waals surface area contributed by atoms with Crippen LogP contribution in [0.4, 0.5) is 5.69 Å². The number of esters is 1. The second-order valence-electron chi connectivity index (χ2n) is 5.79. The van der Waals surface area contributed by atoms with Gasteiger partial charge in [0, 0.05) is 5.56 Å². The molecule has 144 valence electrons. The molecule has 0 bridgehead atoms. The van der Waals surface area contributed by atoms with Crippen molar-refractivity contribution >= 4 is 27.5 Å². The standard InChI is InChI=1S/C19H21NO6S/c1-4-25-15-11-9-14(10-12-15)18(21)13(2)26-19(22)16-7-5-6-8-17(16)20-27(3,23)24/h5-13,20H,4H2,1-3H3/t13-/m0/s1. The van der Waals surface area contributed by atoms with E-state index in [2.05, 4.69) is 4.72 Å². The lowest BCUT2D eigenvalue weighted by molar-refractivity contribution is 0.0320. The smallest absolute Gasteiger partial charge is 0.340 e. The van der Waals surface area contributed by atoms with E-state index in [1.807, 2.05) is 6.92 Å². The van der Waals surface area contributed by atoms with Crippen LogP contribution in [0.25, 0.3) is 0 Å². The zero-order valence-corrected chi connectivity index (χ0v) is 16.1. The van der Waals surface area contributed by atoms with Crippen LogP contribution in [0.1, 0.15) is 34.6 Å². The van der Waals surface area contributed by atoms with Crippen molar-refractivity contribution < 1.29 is 27.5 Å². The van der Waals surface area contributed by atoms with Crippen LogP contribution in [0.2, 0.25) is 0 Å². The van der Waals surface area contributed by atoms with Gasteiger partial charge in [0.25, 0.3) is 0 Å². The van der Waals surface area contributed by atoms with E-state index in [1.165, 1.54) is 19.1 Å². The molecule has 7 nitrogen and oxygen atoms in total. The molecule has 0 saturated carbocycles. The van der Waals surface area contributed by atoms with Crippen molar-refractivity contribution in [2.45, 2.75) is 20.0 Å². The van der Waals surface area contributed by atoms with Gasteiger partial charge in [-0.3, -0.25) is 9.52 Å². The van der Waals surface area contributed by atoms with Crippen LogP contribution in [-0.2, 0) is 14.8 Å². The molecule has 2 aromatic carbocycles. The van der Waals surface area contributed by atoms with Crippen LogP contribution in [0.3, 0.4) is 0 Å². The lowest BCUT2D eigenvalue weighted by Crippen LogP contribution is -2.25. The first-order valence-electron chi connectivity index (χ1n) is 8.26. The first-order valence-corrected chi connectivity index (χ1v) is 10.1. The largest absolute Gasteiger partial charge is 0.494 e. The number of Topliss-reactive ketones (excluding diaryl/α,β-unsaturated/α-hetero) is 1. The summed E-state index contributed by atoms with van der Waals surface area (Å²) in [5, 5.41) is 0. The Hall–Kier alpha value is -2.87. The average Bonchev–Trinajstić information content (AvgIpc) is 2.61. The van der Waals surface area contributed by atoms with Crippen LogP contribution >= 0.6 is 0 Å². The molecule has 0 aliphatic carbocycles. The molecule has 0 saturated heterocycles. The third kappa shape index (κ3) is 5.82. The lowest BCUT2D eigenvalue weighted by Gasteiger charge is -2.15. The summed E-state index contributed by atoms with van der Waals surface area (Å²) in [7, 11) is -3.57. The maximum atomic E-state index is 12.5. The minimum Gasteiger partial charge on any atom is -0.494 e. The Kier molecular flexibility index (Phi) is 6.57. The molecule has 0 fully saturated rings. The highest BCUT2D eigenvalue weighted by atomic mass is 32.2. The fourth-order valence-electron chi connectivity index (χ4n) is 2.34. The summed E-state index contributed by atoms with van der Waals surface area (Å²) in [6, 6.07) is 12.5. The van der Waals surface area contributed by atoms with Gasteiger partial charge in [-0.15, -0.1) is 0 Å². The predicted molar refractivity (Wildman–Crippen MR) is 102 cm³/mol. The molecule has 0 heterocycles. The molecule has 0 radical (unpaired) electrons. The Balaban J connectivity index is 2.12. The Morgan fingerprint density at radius 2 is 1.70 bits per heavy atom. The molecule has 1 N–H and O–H groups in total. The van der Waals surface area contributed by atoms with Gasteiger partial charge in [0.15, 0.2) is 6.10 Å². The van der Waals surface area contributed by atoms with Crippen LogP contribution in [0.5, 0.6) is 5.75 Å². The first kappa shape index (κ1) is 20.4. The highest BCUT2D eigenvalue weighted by Gasteiger charge is 2.22. The van der Waals surface area contributed by atoms with Crippen LogP contribution in [0, 0.1) is 0 Å². The summed E-state index contributed by atoms with van der Waals surface area (Å²) < 4.78 is 35.7. The van der Waals surface area contributed by atoms with E-state index in [-0.39, 0.29) is 17.0 Å². The van der Waals surface area contributed by atoms with Gasteiger partial charge in [0.05, 0.1) is 24.1 Å². The second kappa shape index (κ2) is 8.68. The number of rotatable bonds is 8. The van der Waals surface area contributed by atoms with Gasteiger partial charge in [-0.2, -0.15) is 0 Å². The number of ether oxygens (including phenoxy) is 2. The molecule has 27 heavy (non-hydrogen) atoms.